The monoisotopic (exact) mass is 311 g/mol. The summed E-state index contributed by atoms with van der Waals surface area (Å²) < 4.78 is 0. The summed E-state index contributed by atoms with van der Waals surface area (Å²) in [5.41, 5.74) is 5.80. The van der Waals surface area contributed by atoms with Crippen molar-refractivity contribution in [3.63, 3.8) is 0 Å². The molecule has 0 aromatic carbocycles. The Kier molecular flexibility index (Phi) is 19.0. The van der Waals surface area contributed by atoms with Gasteiger partial charge < -0.3 is 5.73 Å². The number of hydrogen-bond donors (Lipinski definition) is 1. The fourth-order valence-electron chi connectivity index (χ4n) is 3.45. The van der Waals surface area contributed by atoms with Gasteiger partial charge in [-0.05, 0) is 18.9 Å². The topological polar surface area (TPSA) is 26.0 Å². The Morgan fingerprint density at radius 3 is 1.23 bits per heavy atom. The minimum absolute atomic E-state index is 0.886. The van der Waals surface area contributed by atoms with Crippen LogP contribution in [-0.4, -0.2) is 6.54 Å². The first-order chi connectivity index (χ1) is 10.8. The fraction of sp³-hybridized carbons (Fsp3) is 1.00. The molecule has 0 aromatic heterocycles. The first kappa shape index (κ1) is 22.0. The minimum Gasteiger partial charge on any atom is -0.330 e. The molecule has 0 amide bonds. The van der Waals surface area contributed by atoms with E-state index in [1.165, 1.54) is 109 Å². The van der Waals surface area contributed by atoms with Crippen LogP contribution in [0.1, 0.15) is 123 Å². The van der Waals surface area contributed by atoms with E-state index in [4.69, 9.17) is 5.73 Å². The van der Waals surface area contributed by atoms with Gasteiger partial charge in [0.2, 0.25) is 0 Å². The van der Waals surface area contributed by atoms with Gasteiger partial charge in [-0.15, -0.1) is 0 Å². The predicted molar refractivity (Wildman–Crippen MR) is 102 cm³/mol. The van der Waals surface area contributed by atoms with Crippen molar-refractivity contribution < 1.29 is 0 Å². The summed E-state index contributed by atoms with van der Waals surface area (Å²) in [7, 11) is 0. The second-order valence-corrected chi connectivity index (χ2v) is 7.26. The van der Waals surface area contributed by atoms with Crippen LogP contribution in [0.4, 0.5) is 0 Å². The minimum atomic E-state index is 0.886. The van der Waals surface area contributed by atoms with E-state index in [1.54, 1.807) is 0 Å². The summed E-state index contributed by atoms with van der Waals surface area (Å²) in [6, 6.07) is 0. The third kappa shape index (κ3) is 16.3. The van der Waals surface area contributed by atoms with Crippen molar-refractivity contribution in [1.29, 1.82) is 0 Å². The Labute approximate surface area is 141 Å². The molecule has 0 rings (SSSR count). The van der Waals surface area contributed by atoms with E-state index < -0.39 is 0 Å². The molecule has 0 aliphatic carbocycles. The maximum absolute atomic E-state index is 5.80. The highest BCUT2D eigenvalue weighted by Gasteiger charge is 2.07. The lowest BCUT2D eigenvalue weighted by molar-refractivity contribution is 0.384. The van der Waals surface area contributed by atoms with Crippen LogP contribution in [0.2, 0.25) is 0 Å². The number of nitrogens with two attached hydrogens (primary N) is 1. The molecular weight excluding hydrogens is 266 g/mol. The molecule has 0 heterocycles. The molecule has 1 heteroatoms. The van der Waals surface area contributed by atoms with Gasteiger partial charge >= 0.3 is 0 Å². The van der Waals surface area contributed by atoms with Crippen molar-refractivity contribution in [2.75, 3.05) is 6.54 Å². The molecule has 22 heavy (non-hydrogen) atoms. The molecule has 1 atom stereocenters. The quantitative estimate of drug-likeness (QED) is 0.265. The second-order valence-electron chi connectivity index (χ2n) is 7.26. The maximum atomic E-state index is 5.80. The smallest absolute Gasteiger partial charge is 0.00746 e. The zero-order valence-corrected chi connectivity index (χ0v) is 15.9. The molecule has 0 saturated heterocycles. The van der Waals surface area contributed by atoms with Gasteiger partial charge in [-0.1, -0.05) is 117 Å². The summed E-state index contributed by atoms with van der Waals surface area (Å²) >= 11 is 0. The third-order valence-corrected chi connectivity index (χ3v) is 5.01. The molecule has 0 aliphatic heterocycles. The van der Waals surface area contributed by atoms with Crippen LogP contribution in [0.3, 0.4) is 0 Å². The van der Waals surface area contributed by atoms with Crippen molar-refractivity contribution in [1.82, 2.24) is 0 Å². The molecule has 0 saturated carbocycles. The zero-order valence-electron chi connectivity index (χ0n) is 15.9. The second kappa shape index (κ2) is 19.0. The normalized spacial score (nSPS) is 12.7. The molecule has 0 radical (unpaired) electrons. The summed E-state index contributed by atoms with van der Waals surface area (Å²) in [5, 5.41) is 0. The van der Waals surface area contributed by atoms with Crippen LogP contribution >= 0.6 is 0 Å². The standard InChI is InChI=1S/C21H45N/c1-3-5-7-9-11-12-14-16-18-21(19-20-22)17-15-13-10-8-6-4-2/h21H,3-20,22H2,1-2H3. The third-order valence-electron chi connectivity index (χ3n) is 5.01. The Bertz CT molecular complexity index is 190. The van der Waals surface area contributed by atoms with E-state index in [0.29, 0.717) is 0 Å². The molecule has 0 aliphatic rings. The number of hydrogen-bond acceptors (Lipinski definition) is 1. The molecule has 0 aromatic rings. The van der Waals surface area contributed by atoms with E-state index in [0.717, 1.165) is 12.5 Å². The van der Waals surface area contributed by atoms with Crippen LogP contribution in [0, 0.1) is 5.92 Å². The summed E-state index contributed by atoms with van der Waals surface area (Å²) in [4.78, 5) is 0. The lowest BCUT2D eigenvalue weighted by atomic mass is 9.91. The summed E-state index contributed by atoms with van der Waals surface area (Å²) in [6.07, 6.45) is 24.2. The predicted octanol–water partition coefficient (Wildman–Crippen LogP) is 7.23. The fourth-order valence-corrected chi connectivity index (χ4v) is 3.45. The van der Waals surface area contributed by atoms with Crippen molar-refractivity contribution in [3.05, 3.63) is 0 Å². The SMILES string of the molecule is CCCCCCCCCCC(CCN)CCCCCCCC. The van der Waals surface area contributed by atoms with Crippen molar-refractivity contribution in [2.24, 2.45) is 11.7 Å². The van der Waals surface area contributed by atoms with E-state index in [-0.39, 0.29) is 0 Å². The van der Waals surface area contributed by atoms with Crippen molar-refractivity contribution in [3.8, 4) is 0 Å². The van der Waals surface area contributed by atoms with Gasteiger partial charge in [-0.3, -0.25) is 0 Å². The van der Waals surface area contributed by atoms with Crippen molar-refractivity contribution >= 4 is 0 Å². The van der Waals surface area contributed by atoms with Gasteiger partial charge in [0, 0.05) is 0 Å². The molecule has 0 bridgehead atoms. The summed E-state index contributed by atoms with van der Waals surface area (Å²) in [5.74, 6) is 0.913. The molecule has 1 unspecified atom stereocenters. The summed E-state index contributed by atoms with van der Waals surface area (Å²) in [6.45, 7) is 5.47. The Balaban J connectivity index is 3.43. The molecule has 2 N–H and O–H groups in total. The average Bonchev–Trinajstić information content (AvgIpc) is 2.53. The zero-order chi connectivity index (χ0) is 16.3. The van der Waals surface area contributed by atoms with Gasteiger partial charge in [-0.2, -0.15) is 0 Å². The highest BCUT2D eigenvalue weighted by atomic mass is 14.5. The maximum Gasteiger partial charge on any atom is -0.00746 e. The highest BCUT2D eigenvalue weighted by Crippen LogP contribution is 2.21. The van der Waals surface area contributed by atoms with Crippen LogP contribution < -0.4 is 5.73 Å². The van der Waals surface area contributed by atoms with Gasteiger partial charge in [0.15, 0.2) is 0 Å². The van der Waals surface area contributed by atoms with E-state index in [2.05, 4.69) is 13.8 Å². The highest BCUT2D eigenvalue weighted by molar-refractivity contribution is 4.61. The largest absolute Gasteiger partial charge is 0.330 e. The lowest BCUT2D eigenvalue weighted by Gasteiger charge is -2.16. The molecule has 134 valence electrons. The number of unbranched alkanes of at least 4 members (excludes halogenated alkanes) is 12. The van der Waals surface area contributed by atoms with Crippen LogP contribution in [-0.2, 0) is 0 Å². The van der Waals surface area contributed by atoms with E-state index in [1.807, 2.05) is 0 Å². The van der Waals surface area contributed by atoms with Crippen molar-refractivity contribution in [2.45, 2.75) is 123 Å². The van der Waals surface area contributed by atoms with Gasteiger partial charge in [-0.25, -0.2) is 0 Å². The van der Waals surface area contributed by atoms with Crippen LogP contribution in [0.25, 0.3) is 0 Å². The molecular formula is C21H45N. The van der Waals surface area contributed by atoms with Crippen LogP contribution in [0.5, 0.6) is 0 Å². The number of rotatable bonds is 18. The van der Waals surface area contributed by atoms with Gasteiger partial charge in [0.05, 0.1) is 0 Å². The Morgan fingerprint density at radius 2 is 0.864 bits per heavy atom. The van der Waals surface area contributed by atoms with Gasteiger partial charge in [0.25, 0.3) is 0 Å². The van der Waals surface area contributed by atoms with E-state index in [9.17, 15) is 0 Å². The van der Waals surface area contributed by atoms with Crippen LogP contribution in [0.15, 0.2) is 0 Å². The Hall–Kier alpha value is -0.0400. The molecule has 0 spiro atoms. The first-order valence-corrected chi connectivity index (χ1v) is 10.5. The lowest BCUT2D eigenvalue weighted by Crippen LogP contribution is -2.09. The van der Waals surface area contributed by atoms with E-state index >= 15 is 0 Å². The van der Waals surface area contributed by atoms with Gasteiger partial charge in [0.1, 0.15) is 0 Å². The molecule has 1 nitrogen and oxygen atoms in total. The first-order valence-electron chi connectivity index (χ1n) is 10.5. The average molecular weight is 312 g/mol. The Morgan fingerprint density at radius 1 is 0.500 bits per heavy atom. The molecule has 0 fully saturated rings.